The van der Waals surface area contributed by atoms with Crippen LogP contribution < -0.4 is 14.5 Å². The Kier molecular flexibility index (Phi) is 6.90. The molecule has 0 unspecified atom stereocenters. The minimum absolute atomic E-state index is 0.331. The number of nitrogens with zero attached hydrogens (tertiary/aromatic N) is 6. The van der Waals surface area contributed by atoms with E-state index in [4.69, 9.17) is 14.5 Å². The summed E-state index contributed by atoms with van der Waals surface area (Å²) in [6.45, 7) is 3.28. The van der Waals surface area contributed by atoms with Crippen LogP contribution in [0.1, 0.15) is 11.1 Å². The van der Waals surface area contributed by atoms with Crippen molar-refractivity contribution in [1.82, 2.24) is 19.5 Å². The van der Waals surface area contributed by atoms with Crippen molar-refractivity contribution in [2.45, 2.75) is 6.42 Å². The summed E-state index contributed by atoms with van der Waals surface area (Å²) in [5, 5.41) is 1.20. The van der Waals surface area contributed by atoms with Gasteiger partial charge in [0.2, 0.25) is 11.9 Å². The molecular formula is C27H30N6O2. The van der Waals surface area contributed by atoms with Crippen LogP contribution in [0, 0.1) is 0 Å². The van der Waals surface area contributed by atoms with Crippen molar-refractivity contribution in [3.63, 3.8) is 0 Å². The molecule has 4 aromatic rings. The van der Waals surface area contributed by atoms with Crippen LogP contribution in [-0.4, -0.2) is 59.5 Å². The maximum absolute atomic E-state index is 5.98. The Balaban J connectivity index is 1.37. The third kappa shape index (κ3) is 5.44. The molecule has 3 heterocycles. The summed E-state index contributed by atoms with van der Waals surface area (Å²) in [5.74, 6) is 1.14. The predicted molar refractivity (Wildman–Crippen MR) is 139 cm³/mol. The predicted octanol–water partition coefficient (Wildman–Crippen LogP) is 3.93. The molecule has 0 atom stereocenters. The second-order valence-electron chi connectivity index (χ2n) is 8.54. The van der Waals surface area contributed by atoms with Crippen LogP contribution in [0.3, 0.4) is 0 Å². The molecule has 0 aliphatic carbocycles. The Hall–Kier alpha value is -3.91. The highest BCUT2D eigenvalue weighted by Gasteiger charge is 2.18. The van der Waals surface area contributed by atoms with Crippen LogP contribution in [0.15, 0.2) is 67.0 Å². The first kappa shape index (κ1) is 22.9. The molecule has 0 N–H and O–H groups in total. The molecular weight excluding hydrogens is 440 g/mol. The number of anilines is 2. The number of fused-ring (bicyclic) bond motifs is 1. The Morgan fingerprint density at radius 2 is 1.77 bits per heavy atom. The second kappa shape index (κ2) is 10.6. The SMILES string of the molecule is CN(/C=C/c1cn(C)c2ccccc12)c1nc(OCCc2ccccc2)nc(N2CCOCC2)n1. The molecule has 0 bridgehead atoms. The van der Waals surface area contributed by atoms with E-state index in [-0.39, 0.29) is 0 Å². The van der Waals surface area contributed by atoms with Crippen molar-refractivity contribution >= 4 is 28.9 Å². The number of aromatic nitrogens is 4. The first-order valence-electron chi connectivity index (χ1n) is 11.9. The molecule has 1 aliphatic heterocycles. The number of hydrogen-bond donors (Lipinski definition) is 0. The van der Waals surface area contributed by atoms with Crippen LogP contribution >= 0.6 is 0 Å². The molecule has 0 saturated carbocycles. The Bertz CT molecular complexity index is 1300. The van der Waals surface area contributed by atoms with Gasteiger partial charge in [-0.2, -0.15) is 15.0 Å². The van der Waals surface area contributed by atoms with Crippen LogP contribution in [0.4, 0.5) is 11.9 Å². The monoisotopic (exact) mass is 470 g/mol. The Morgan fingerprint density at radius 3 is 2.60 bits per heavy atom. The topological polar surface area (TPSA) is 68.5 Å². The van der Waals surface area contributed by atoms with Gasteiger partial charge in [-0.25, -0.2) is 0 Å². The molecule has 2 aromatic heterocycles. The van der Waals surface area contributed by atoms with Gasteiger partial charge in [-0.3, -0.25) is 0 Å². The molecule has 1 fully saturated rings. The summed E-state index contributed by atoms with van der Waals surface area (Å²) in [6, 6.07) is 19.0. The molecule has 5 rings (SSSR count). The number of hydrogen-bond acceptors (Lipinski definition) is 7. The van der Waals surface area contributed by atoms with Crippen LogP contribution in [-0.2, 0) is 18.2 Å². The third-order valence-electron chi connectivity index (χ3n) is 6.07. The molecule has 2 aromatic carbocycles. The molecule has 0 amide bonds. The largest absolute Gasteiger partial charge is 0.463 e. The first-order chi connectivity index (χ1) is 17.2. The standard InChI is InChI=1S/C27H30N6O2/c1-31(14-12-22-20-32(2)24-11-7-6-10-23(22)24)25-28-26(33-15-18-34-19-16-33)30-27(29-25)35-17-13-21-8-4-3-5-9-21/h3-12,14,20H,13,15-19H2,1-2H3/b14-12+. The summed E-state index contributed by atoms with van der Waals surface area (Å²) < 4.78 is 13.6. The lowest BCUT2D eigenvalue weighted by Gasteiger charge is -2.27. The lowest BCUT2D eigenvalue weighted by atomic mass is 10.2. The summed E-state index contributed by atoms with van der Waals surface area (Å²) >= 11 is 0. The molecule has 1 saturated heterocycles. The van der Waals surface area contributed by atoms with Crippen LogP contribution in [0.2, 0.25) is 0 Å². The average Bonchev–Trinajstić information content (AvgIpc) is 3.23. The van der Waals surface area contributed by atoms with Gasteiger partial charge < -0.3 is 23.8 Å². The van der Waals surface area contributed by atoms with Crippen molar-refractivity contribution in [2.75, 3.05) is 49.8 Å². The number of morpholine rings is 1. The molecule has 1 aliphatic rings. The fraction of sp³-hybridized carbons (Fsp3) is 0.296. The maximum atomic E-state index is 5.98. The van der Waals surface area contributed by atoms with Crippen molar-refractivity contribution in [3.8, 4) is 6.01 Å². The summed E-state index contributed by atoms with van der Waals surface area (Å²) in [7, 11) is 4.00. The lowest BCUT2D eigenvalue weighted by molar-refractivity contribution is 0.122. The van der Waals surface area contributed by atoms with E-state index >= 15 is 0 Å². The average molecular weight is 471 g/mol. The molecule has 0 radical (unpaired) electrons. The summed E-state index contributed by atoms with van der Waals surface area (Å²) in [4.78, 5) is 18.0. The zero-order valence-electron chi connectivity index (χ0n) is 20.2. The quantitative estimate of drug-likeness (QED) is 0.387. The number of rotatable bonds is 8. The van der Waals surface area contributed by atoms with Crippen molar-refractivity contribution in [3.05, 3.63) is 78.1 Å². The molecule has 8 heteroatoms. The van der Waals surface area contributed by atoms with Gasteiger partial charge >= 0.3 is 6.01 Å². The van der Waals surface area contributed by atoms with Gasteiger partial charge in [-0.05, 0) is 17.7 Å². The summed E-state index contributed by atoms with van der Waals surface area (Å²) in [6.07, 6.45) is 6.97. The van der Waals surface area contributed by atoms with Gasteiger partial charge in [0, 0.05) is 62.5 Å². The van der Waals surface area contributed by atoms with Crippen molar-refractivity contribution in [2.24, 2.45) is 7.05 Å². The van der Waals surface area contributed by atoms with Crippen molar-refractivity contribution in [1.29, 1.82) is 0 Å². The maximum Gasteiger partial charge on any atom is 0.323 e. The Labute approximate surface area is 205 Å². The Morgan fingerprint density at radius 1 is 1.00 bits per heavy atom. The second-order valence-corrected chi connectivity index (χ2v) is 8.54. The van der Waals surface area contributed by atoms with E-state index < -0.39 is 0 Å². The van der Waals surface area contributed by atoms with Gasteiger partial charge in [0.15, 0.2) is 0 Å². The van der Waals surface area contributed by atoms with Crippen LogP contribution in [0.25, 0.3) is 17.0 Å². The minimum Gasteiger partial charge on any atom is -0.463 e. The van der Waals surface area contributed by atoms with E-state index in [9.17, 15) is 0 Å². The van der Waals surface area contributed by atoms with E-state index in [1.54, 1.807) is 0 Å². The number of ether oxygens (including phenoxy) is 2. The number of aryl methyl sites for hydroxylation is 1. The molecule has 0 spiro atoms. The zero-order valence-corrected chi connectivity index (χ0v) is 20.2. The van der Waals surface area contributed by atoms with Crippen molar-refractivity contribution < 1.29 is 9.47 Å². The van der Waals surface area contributed by atoms with Gasteiger partial charge in [0.1, 0.15) is 0 Å². The van der Waals surface area contributed by atoms with E-state index in [1.165, 1.54) is 16.5 Å². The number of benzene rings is 2. The highest BCUT2D eigenvalue weighted by Crippen LogP contribution is 2.23. The highest BCUT2D eigenvalue weighted by atomic mass is 16.5. The van der Waals surface area contributed by atoms with Gasteiger partial charge in [0.25, 0.3) is 0 Å². The van der Waals surface area contributed by atoms with Crippen LogP contribution in [0.5, 0.6) is 6.01 Å². The van der Waals surface area contributed by atoms with E-state index in [0.717, 1.165) is 25.1 Å². The number of para-hydroxylation sites is 1. The van der Waals surface area contributed by atoms with E-state index in [2.05, 4.69) is 75.2 Å². The smallest absolute Gasteiger partial charge is 0.323 e. The molecule has 180 valence electrons. The van der Waals surface area contributed by atoms with E-state index in [1.807, 2.05) is 36.3 Å². The van der Waals surface area contributed by atoms with Gasteiger partial charge in [-0.15, -0.1) is 0 Å². The summed E-state index contributed by atoms with van der Waals surface area (Å²) in [5.41, 5.74) is 3.54. The normalized spacial score (nSPS) is 14.1. The third-order valence-corrected chi connectivity index (χ3v) is 6.07. The van der Waals surface area contributed by atoms with E-state index in [0.29, 0.717) is 37.7 Å². The highest BCUT2D eigenvalue weighted by molar-refractivity contribution is 5.89. The van der Waals surface area contributed by atoms with Gasteiger partial charge in [0.05, 0.1) is 19.8 Å². The first-order valence-corrected chi connectivity index (χ1v) is 11.9. The van der Waals surface area contributed by atoms with Gasteiger partial charge in [-0.1, -0.05) is 48.5 Å². The fourth-order valence-electron chi connectivity index (χ4n) is 4.13. The fourth-order valence-corrected chi connectivity index (χ4v) is 4.13. The zero-order chi connectivity index (χ0) is 24.0. The molecule has 8 nitrogen and oxygen atoms in total. The lowest BCUT2D eigenvalue weighted by Crippen LogP contribution is -2.37. The minimum atomic E-state index is 0.331. The molecule has 35 heavy (non-hydrogen) atoms.